The Hall–Kier alpha value is -1.09. The molecule has 0 aliphatic carbocycles. The van der Waals surface area contributed by atoms with Crippen LogP contribution >= 0.6 is 11.6 Å². The van der Waals surface area contributed by atoms with E-state index in [1.165, 1.54) is 24.3 Å². The van der Waals surface area contributed by atoms with Crippen LogP contribution in [0.5, 0.6) is 5.75 Å². The van der Waals surface area contributed by atoms with E-state index >= 15 is 0 Å². The maximum Gasteiger partial charge on any atom is 0.326 e. The lowest BCUT2D eigenvalue weighted by molar-refractivity contribution is -0.131. The molecular formula is C8H6ClFO2. The number of rotatable bonds is 2. The predicted molar refractivity (Wildman–Crippen MR) is 42.8 cm³/mol. The van der Waals surface area contributed by atoms with Crippen molar-refractivity contribution in [1.29, 1.82) is 0 Å². The van der Waals surface area contributed by atoms with Gasteiger partial charge in [0.1, 0.15) is 17.4 Å². The monoisotopic (exact) mass is 188 g/mol. The highest BCUT2D eigenvalue weighted by atomic mass is 35.5. The Morgan fingerprint density at radius 3 is 2.50 bits per heavy atom. The van der Waals surface area contributed by atoms with Gasteiger partial charge in [-0.25, -0.2) is 4.39 Å². The first-order valence-electron chi connectivity index (χ1n) is 3.24. The summed E-state index contributed by atoms with van der Waals surface area (Å²) >= 11 is 5.18. The summed E-state index contributed by atoms with van der Waals surface area (Å²) in [6.07, 6.45) is 0. The molecule has 12 heavy (non-hydrogen) atoms. The molecule has 0 spiro atoms. The van der Waals surface area contributed by atoms with Crippen molar-refractivity contribution in [3.05, 3.63) is 30.1 Å². The quantitative estimate of drug-likeness (QED) is 0.403. The van der Waals surface area contributed by atoms with E-state index in [9.17, 15) is 9.18 Å². The summed E-state index contributed by atoms with van der Waals surface area (Å²) in [4.78, 5) is 10.6. The van der Waals surface area contributed by atoms with Gasteiger partial charge in [0, 0.05) is 0 Å². The summed E-state index contributed by atoms with van der Waals surface area (Å²) in [6, 6.07) is 5.13. The van der Waals surface area contributed by atoms with Crippen LogP contribution in [0.3, 0.4) is 0 Å². The number of alkyl halides is 1. The summed E-state index contributed by atoms with van der Waals surface area (Å²) in [5.74, 6) is -0.844. The third-order valence-corrected chi connectivity index (χ3v) is 1.37. The van der Waals surface area contributed by atoms with Crippen LogP contribution in [0.1, 0.15) is 0 Å². The van der Waals surface area contributed by atoms with Gasteiger partial charge in [0.05, 0.1) is 0 Å². The molecule has 1 aromatic rings. The zero-order valence-electron chi connectivity index (χ0n) is 6.09. The molecule has 0 unspecified atom stereocenters. The van der Waals surface area contributed by atoms with Gasteiger partial charge in [0.15, 0.2) is 0 Å². The van der Waals surface area contributed by atoms with Gasteiger partial charge in [-0.2, -0.15) is 0 Å². The lowest BCUT2D eigenvalue weighted by atomic mass is 10.3. The molecule has 0 aliphatic rings. The molecule has 0 fully saturated rings. The van der Waals surface area contributed by atoms with Crippen molar-refractivity contribution < 1.29 is 13.9 Å². The molecule has 1 rings (SSSR count). The number of hydrogen-bond acceptors (Lipinski definition) is 2. The maximum atomic E-state index is 12.3. The van der Waals surface area contributed by atoms with Gasteiger partial charge in [-0.3, -0.25) is 4.79 Å². The van der Waals surface area contributed by atoms with E-state index in [0.717, 1.165) is 0 Å². The second-order valence-corrected chi connectivity index (χ2v) is 2.33. The predicted octanol–water partition coefficient (Wildman–Crippen LogP) is 1.97. The Balaban J connectivity index is 2.64. The Morgan fingerprint density at radius 2 is 2.00 bits per heavy atom. The molecule has 64 valence electrons. The van der Waals surface area contributed by atoms with Gasteiger partial charge >= 0.3 is 5.97 Å². The summed E-state index contributed by atoms with van der Waals surface area (Å²) in [6.45, 7) is 0. The fourth-order valence-electron chi connectivity index (χ4n) is 0.661. The number of esters is 1. The van der Waals surface area contributed by atoms with Crippen LogP contribution in [-0.4, -0.2) is 11.8 Å². The lowest BCUT2D eigenvalue weighted by Crippen LogP contribution is -2.08. The minimum absolute atomic E-state index is 0.211. The van der Waals surface area contributed by atoms with Crippen molar-refractivity contribution in [3.63, 3.8) is 0 Å². The fraction of sp³-hybridized carbons (Fsp3) is 0.125. The molecule has 0 N–H and O–H groups in total. The number of halogens is 2. The number of hydrogen-bond donors (Lipinski definition) is 0. The largest absolute Gasteiger partial charge is 0.426 e. The summed E-state index contributed by atoms with van der Waals surface area (Å²) in [5, 5.41) is 0. The van der Waals surface area contributed by atoms with Gasteiger partial charge in [0.25, 0.3) is 0 Å². The first kappa shape index (κ1) is 9.00. The molecule has 0 saturated heterocycles. The summed E-state index contributed by atoms with van der Waals surface area (Å²) in [7, 11) is 0. The topological polar surface area (TPSA) is 26.3 Å². The smallest absolute Gasteiger partial charge is 0.326 e. The van der Waals surface area contributed by atoms with Crippen LogP contribution < -0.4 is 4.74 Å². The van der Waals surface area contributed by atoms with E-state index in [1.54, 1.807) is 0 Å². The maximum absolute atomic E-state index is 12.3. The Morgan fingerprint density at radius 1 is 1.42 bits per heavy atom. The van der Waals surface area contributed by atoms with Gasteiger partial charge in [-0.1, -0.05) is 0 Å². The average molecular weight is 189 g/mol. The molecule has 1 aromatic carbocycles. The number of benzene rings is 1. The average Bonchev–Trinajstić information content (AvgIpc) is 2.09. The van der Waals surface area contributed by atoms with Crippen molar-refractivity contribution in [2.45, 2.75) is 0 Å². The van der Waals surface area contributed by atoms with Crippen molar-refractivity contribution in [1.82, 2.24) is 0 Å². The fourth-order valence-corrected chi connectivity index (χ4v) is 0.716. The molecule has 0 atom stereocenters. The number of carbonyl (C=O) groups is 1. The molecule has 0 radical (unpaired) electrons. The van der Waals surface area contributed by atoms with Crippen LogP contribution in [0, 0.1) is 5.82 Å². The Kier molecular flexibility index (Phi) is 3.05. The summed E-state index contributed by atoms with van der Waals surface area (Å²) in [5.41, 5.74) is 0. The zero-order chi connectivity index (χ0) is 8.97. The minimum atomic E-state index is -0.553. The zero-order valence-corrected chi connectivity index (χ0v) is 6.84. The highest BCUT2D eigenvalue weighted by molar-refractivity contribution is 6.26. The molecule has 0 bridgehead atoms. The van der Waals surface area contributed by atoms with Gasteiger partial charge in [0.2, 0.25) is 0 Å². The van der Waals surface area contributed by atoms with Crippen LogP contribution in [-0.2, 0) is 4.79 Å². The second kappa shape index (κ2) is 4.07. The Labute approximate surface area is 73.9 Å². The Bertz CT molecular complexity index is 271. The van der Waals surface area contributed by atoms with Crippen LogP contribution in [0.25, 0.3) is 0 Å². The molecule has 2 nitrogen and oxygen atoms in total. The second-order valence-electron chi connectivity index (χ2n) is 2.06. The molecule has 0 saturated carbocycles. The molecule has 0 aliphatic heterocycles. The van der Waals surface area contributed by atoms with Crippen molar-refractivity contribution in [2.24, 2.45) is 0 Å². The third kappa shape index (κ3) is 2.51. The molecular weight excluding hydrogens is 183 g/mol. The molecule has 0 amide bonds. The van der Waals surface area contributed by atoms with Gasteiger partial charge in [-0.05, 0) is 24.3 Å². The SMILES string of the molecule is O=C(CCl)Oc1ccc(F)cc1. The standard InChI is InChI=1S/C8H6ClFO2/c9-5-8(11)12-7-3-1-6(10)2-4-7/h1-4H,5H2. The van der Waals surface area contributed by atoms with Gasteiger partial charge < -0.3 is 4.74 Å². The lowest BCUT2D eigenvalue weighted by Gasteiger charge is -2.00. The van der Waals surface area contributed by atoms with Crippen molar-refractivity contribution in [3.8, 4) is 5.75 Å². The van der Waals surface area contributed by atoms with Crippen LogP contribution in [0.4, 0.5) is 4.39 Å². The van der Waals surface area contributed by atoms with Crippen molar-refractivity contribution in [2.75, 3.05) is 5.88 Å². The van der Waals surface area contributed by atoms with E-state index in [1.807, 2.05) is 0 Å². The van der Waals surface area contributed by atoms with Crippen molar-refractivity contribution >= 4 is 17.6 Å². The highest BCUT2D eigenvalue weighted by Crippen LogP contribution is 2.11. The molecule has 4 heteroatoms. The van der Waals surface area contributed by atoms with E-state index in [-0.39, 0.29) is 11.7 Å². The summed E-state index contributed by atoms with van der Waals surface area (Å²) < 4.78 is 17.0. The third-order valence-electron chi connectivity index (χ3n) is 1.15. The molecule has 0 heterocycles. The normalized spacial score (nSPS) is 9.50. The minimum Gasteiger partial charge on any atom is -0.426 e. The number of ether oxygens (including phenoxy) is 1. The molecule has 0 aromatic heterocycles. The number of carbonyl (C=O) groups excluding carboxylic acids is 1. The highest BCUT2D eigenvalue weighted by Gasteiger charge is 2.01. The van der Waals surface area contributed by atoms with Gasteiger partial charge in [-0.15, -0.1) is 11.6 Å². The van der Waals surface area contributed by atoms with Crippen LogP contribution in [0.2, 0.25) is 0 Å². The van der Waals surface area contributed by atoms with E-state index < -0.39 is 5.97 Å². The van der Waals surface area contributed by atoms with E-state index in [0.29, 0.717) is 5.75 Å². The van der Waals surface area contributed by atoms with Crippen LogP contribution in [0.15, 0.2) is 24.3 Å². The first-order chi connectivity index (χ1) is 5.72. The van der Waals surface area contributed by atoms with E-state index in [2.05, 4.69) is 4.74 Å². The first-order valence-corrected chi connectivity index (χ1v) is 3.78. The van der Waals surface area contributed by atoms with E-state index in [4.69, 9.17) is 11.6 Å².